The minimum Gasteiger partial charge on any atom is -0.481 e. The van der Waals surface area contributed by atoms with Crippen LogP contribution in [0.1, 0.15) is 55.0 Å². The molecule has 1 saturated heterocycles. The molecule has 8 heteroatoms. The summed E-state index contributed by atoms with van der Waals surface area (Å²) in [5.74, 6) is -0.309. The van der Waals surface area contributed by atoms with E-state index < -0.39 is 11.9 Å². The highest BCUT2D eigenvalue weighted by molar-refractivity contribution is 5.71. The van der Waals surface area contributed by atoms with Crippen molar-refractivity contribution in [3.63, 3.8) is 0 Å². The van der Waals surface area contributed by atoms with E-state index in [-0.39, 0.29) is 5.92 Å². The number of aliphatic carboxylic acids is 1. The van der Waals surface area contributed by atoms with Crippen LogP contribution in [-0.4, -0.2) is 57.9 Å². The lowest BCUT2D eigenvalue weighted by atomic mass is 9.81. The standard InChI is InChI=1S/C23H32N6O2/c30-23(31)20(3-1-2-16-8-11-24-12-9-16)21(22-26-28-29-27-22)14-17-4-6-18(7-5-17)19-10-13-25-15-19/h4-7,10,16,20-21,24-25H,1-3,8-9,11-15H2,(H,30,31)(H,26,27,28,29)/t20?,21-/m0/s1. The van der Waals surface area contributed by atoms with Gasteiger partial charge < -0.3 is 15.7 Å². The van der Waals surface area contributed by atoms with Crippen LogP contribution in [0.2, 0.25) is 0 Å². The van der Waals surface area contributed by atoms with Gasteiger partial charge in [-0.3, -0.25) is 4.79 Å². The fraction of sp³-hybridized carbons (Fsp3) is 0.565. The number of carbonyl (C=O) groups is 1. The second-order valence-corrected chi connectivity index (χ2v) is 8.72. The fourth-order valence-electron chi connectivity index (χ4n) is 4.85. The van der Waals surface area contributed by atoms with Gasteiger partial charge in [-0.25, -0.2) is 5.10 Å². The maximum Gasteiger partial charge on any atom is 0.307 e. The number of aromatic nitrogens is 4. The number of H-pyrrole nitrogens is 1. The van der Waals surface area contributed by atoms with E-state index in [4.69, 9.17) is 0 Å². The quantitative estimate of drug-likeness (QED) is 0.463. The molecule has 1 aromatic heterocycles. The van der Waals surface area contributed by atoms with Crippen LogP contribution in [0.5, 0.6) is 0 Å². The number of piperidine rings is 1. The van der Waals surface area contributed by atoms with Crippen molar-refractivity contribution in [3.8, 4) is 0 Å². The number of nitrogens with one attached hydrogen (secondary N) is 3. The van der Waals surface area contributed by atoms with Crippen LogP contribution in [0.15, 0.2) is 30.3 Å². The number of benzene rings is 1. The van der Waals surface area contributed by atoms with E-state index in [0.717, 1.165) is 44.6 Å². The summed E-state index contributed by atoms with van der Waals surface area (Å²) in [5, 5.41) is 31.1. The number of hydrogen-bond donors (Lipinski definition) is 4. The molecule has 8 nitrogen and oxygen atoms in total. The van der Waals surface area contributed by atoms with E-state index >= 15 is 0 Å². The zero-order valence-electron chi connectivity index (χ0n) is 17.9. The Balaban J connectivity index is 1.44. The van der Waals surface area contributed by atoms with Crippen molar-refractivity contribution in [1.29, 1.82) is 0 Å². The van der Waals surface area contributed by atoms with Crippen LogP contribution in [0.3, 0.4) is 0 Å². The van der Waals surface area contributed by atoms with Gasteiger partial charge in [0.2, 0.25) is 0 Å². The minimum atomic E-state index is -0.773. The molecule has 1 aromatic carbocycles. The van der Waals surface area contributed by atoms with Crippen LogP contribution < -0.4 is 10.6 Å². The fourth-order valence-corrected chi connectivity index (χ4v) is 4.85. The third-order valence-corrected chi connectivity index (χ3v) is 6.69. The molecule has 2 atom stereocenters. The Bertz CT molecular complexity index is 859. The highest BCUT2D eigenvalue weighted by atomic mass is 16.4. The highest BCUT2D eigenvalue weighted by Crippen LogP contribution is 2.32. The molecule has 0 radical (unpaired) electrons. The van der Waals surface area contributed by atoms with Crippen LogP contribution in [0, 0.1) is 11.8 Å². The van der Waals surface area contributed by atoms with Gasteiger partial charge in [-0.05, 0) is 71.8 Å². The SMILES string of the molecule is O=C(O)C(CCCC1CCNCC1)[C@H](Cc1ccc(C2=CCNC2)cc1)c1nnn[nH]1. The van der Waals surface area contributed by atoms with Crippen molar-refractivity contribution in [2.24, 2.45) is 11.8 Å². The predicted molar refractivity (Wildman–Crippen MR) is 118 cm³/mol. The zero-order valence-corrected chi connectivity index (χ0v) is 17.9. The molecule has 2 aromatic rings. The van der Waals surface area contributed by atoms with Gasteiger partial charge in [0.1, 0.15) is 0 Å². The Morgan fingerprint density at radius 3 is 2.61 bits per heavy atom. The summed E-state index contributed by atoms with van der Waals surface area (Å²) in [6, 6.07) is 8.44. The average Bonchev–Trinajstić information content (AvgIpc) is 3.51. The molecule has 0 aliphatic carbocycles. The van der Waals surface area contributed by atoms with Gasteiger partial charge in [-0.15, -0.1) is 5.10 Å². The van der Waals surface area contributed by atoms with Crippen LogP contribution in [0.4, 0.5) is 0 Å². The Morgan fingerprint density at radius 1 is 1.16 bits per heavy atom. The molecule has 166 valence electrons. The Labute approximate surface area is 182 Å². The molecule has 0 spiro atoms. The lowest BCUT2D eigenvalue weighted by Crippen LogP contribution is -2.28. The third kappa shape index (κ3) is 5.77. The molecule has 1 unspecified atom stereocenters. The normalized spacial score (nSPS) is 19.2. The topological polar surface area (TPSA) is 116 Å². The van der Waals surface area contributed by atoms with E-state index in [1.54, 1.807) is 0 Å². The van der Waals surface area contributed by atoms with Crippen LogP contribution in [-0.2, 0) is 11.2 Å². The largest absolute Gasteiger partial charge is 0.481 e. The molecule has 4 N–H and O–H groups in total. The summed E-state index contributed by atoms with van der Waals surface area (Å²) >= 11 is 0. The van der Waals surface area contributed by atoms with E-state index in [1.807, 2.05) is 0 Å². The van der Waals surface area contributed by atoms with Gasteiger partial charge in [-0.2, -0.15) is 0 Å². The summed E-state index contributed by atoms with van der Waals surface area (Å²) in [7, 11) is 0. The molecule has 1 fully saturated rings. The maximum absolute atomic E-state index is 12.2. The van der Waals surface area contributed by atoms with Crippen molar-refractivity contribution in [2.75, 3.05) is 26.2 Å². The van der Waals surface area contributed by atoms with Crippen molar-refractivity contribution in [1.82, 2.24) is 31.3 Å². The first-order chi connectivity index (χ1) is 15.2. The molecule has 3 heterocycles. The monoisotopic (exact) mass is 424 g/mol. The van der Waals surface area contributed by atoms with Crippen LogP contribution >= 0.6 is 0 Å². The number of aromatic amines is 1. The first-order valence-corrected chi connectivity index (χ1v) is 11.4. The van der Waals surface area contributed by atoms with Crippen LogP contribution in [0.25, 0.3) is 5.57 Å². The summed E-state index contributed by atoms with van der Waals surface area (Å²) in [5.41, 5.74) is 3.62. The number of tetrazole rings is 1. The van der Waals surface area contributed by atoms with Crippen molar-refractivity contribution in [3.05, 3.63) is 47.3 Å². The number of rotatable bonds is 10. The van der Waals surface area contributed by atoms with E-state index in [2.05, 4.69) is 61.6 Å². The molecule has 2 aliphatic rings. The molecular formula is C23H32N6O2. The molecule has 31 heavy (non-hydrogen) atoms. The number of carboxylic acids is 1. The number of hydrogen-bond acceptors (Lipinski definition) is 6. The highest BCUT2D eigenvalue weighted by Gasteiger charge is 2.32. The Morgan fingerprint density at radius 2 is 1.97 bits per heavy atom. The Kier molecular flexibility index (Phi) is 7.43. The average molecular weight is 425 g/mol. The smallest absolute Gasteiger partial charge is 0.307 e. The zero-order chi connectivity index (χ0) is 21.5. The summed E-state index contributed by atoms with van der Waals surface area (Å²) in [6.07, 6.45) is 7.82. The molecule has 2 aliphatic heterocycles. The van der Waals surface area contributed by atoms with Gasteiger partial charge in [-0.1, -0.05) is 43.2 Å². The molecule has 4 rings (SSSR count). The molecule has 0 bridgehead atoms. The number of carboxylic acid groups (broad SMARTS) is 1. The molecule has 0 amide bonds. The second kappa shape index (κ2) is 10.6. The summed E-state index contributed by atoms with van der Waals surface area (Å²) < 4.78 is 0. The van der Waals surface area contributed by atoms with E-state index in [1.165, 1.54) is 24.0 Å². The van der Waals surface area contributed by atoms with E-state index in [9.17, 15) is 9.90 Å². The van der Waals surface area contributed by atoms with Crippen molar-refractivity contribution < 1.29 is 9.90 Å². The van der Waals surface area contributed by atoms with E-state index in [0.29, 0.717) is 24.6 Å². The lowest BCUT2D eigenvalue weighted by Gasteiger charge is -2.25. The first kappa shape index (κ1) is 21.6. The van der Waals surface area contributed by atoms with Gasteiger partial charge in [0.05, 0.1) is 5.92 Å². The van der Waals surface area contributed by atoms with Gasteiger partial charge in [0, 0.05) is 19.0 Å². The molecular weight excluding hydrogens is 392 g/mol. The third-order valence-electron chi connectivity index (χ3n) is 6.69. The first-order valence-electron chi connectivity index (χ1n) is 11.4. The molecule has 0 saturated carbocycles. The lowest BCUT2D eigenvalue weighted by molar-refractivity contribution is -0.143. The minimum absolute atomic E-state index is 0.279. The summed E-state index contributed by atoms with van der Waals surface area (Å²) in [6.45, 7) is 3.95. The Hall–Kier alpha value is -2.58. The number of nitrogens with zero attached hydrogens (tertiary/aromatic N) is 3. The van der Waals surface area contributed by atoms with Crippen molar-refractivity contribution in [2.45, 2.75) is 44.4 Å². The second-order valence-electron chi connectivity index (χ2n) is 8.72. The van der Waals surface area contributed by atoms with Crippen molar-refractivity contribution >= 4 is 11.5 Å². The van der Waals surface area contributed by atoms with Gasteiger partial charge >= 0.3 is 5.97 Å². The van der Waals surface area contributed by atoms with Gasteiger partial charge in [0.25, 0.3) is 0 Å². The van der Waals surface area contributed by atoms with Gasteiger partial charge in [0.15, 0.2) is 5.82 Å². The predicted octanol–water partition coefficient (Wildman–Crippen LogP) is 2.38. The summed E-state index contributed by atoms with van der Waals surface area (Å²) in [4.78, 5) is 12.2. The maximum atomic E-state index is 12.2.